The van der Waals surface area contributed by atoms with Crippen molar-refractivity contribution in [3.8, 4) is 11.1 Å². The van der Waals surface area contributed by atoms with Gasteiger partial charge in [-0.05, 0) is 43.3 Å². The molecule has 166 valence electrons. The van der Waals surface area contributed by atoms with E-state index >= 15 is 0 Å². The van der Waals surface area contributed by atoms with Crippen molar-refractivity contribution in [1.82, 2.24) is 0 Å². The van der Waals surface area contributed by atoms with Crippen molar-refractivity contribution < 1.29 is 17.6 Å². The Kier molecular flexibility index (Phi) is 4.83. The summed E-state index contributed by atoms with van der Waals surface area (Å²) in [6.45, 7) is 1.52. The van der Waals surface area contributed by atoms with Gasteiger partial charge >= 0.3 is 5.63 Å². The quantitative estimate of drug-likeness (QED) is 0.423. The fourth-order valence-electron chi connectivity index (χ4n) is 4.10. The second-order valence-corrected chi connectivity index (χ2v) is 9.78. The number of amides is 1. The summed E-state index contributed by atoms with van der Waals surface area (Å²) < 4.78 is 33.9. The number of para-hydroxylation sites is 1. The maximum atomic E-state index is 13.7. The Bertz CT molecular complexity index is 1570. The number of rotatable bonds is 2. The zero-order valence-electron chi connectivity index (χ0n) is 18.0. The highest BCUT2D eigenvalue weighted by Gasteiger charge is 2.34. The van der Waals surface area contributed by atoms with Gasteiger partial charge in [-0.2, -0.15) is 0 Å². The van der Waals surface area contributed by atoms with Crippen LogP contribution in [0.3, 0.4) is 0 Å². The van der Waals surface area contributed by atoms with E-state index in [0.29, 0.717) is 33.5 Å². The molecule has 5 rings (SSSR count). The van der Waals surface area contributed by atoms with E-state index in [1.54, 1.807) is 61.6 Å². The van der Waals surface area contributed by atoms with Crippen LogP contribution in [0.4, 0.5) is 11.4 Å². The van der Waals surface area contributed by atoms with Crippen LogP contribution in [-0.2, 0) is 14.8 Å². The Balaban J connectivity index is 1.83. The van der Waals surface area contributed by atoms with Gasteiger partial charge in [0.25, 0.3) is 10.0 Å². The van der Waals surface area contributed by atoms with Crippen LogP contribution in [0, 0.1) is 6.92 Å². The van der Waals surface area contributed by atoms with Gasteiger partial charge in [0.05, 0.1) is 16.3 Å². The van der Waals surface area contributed by atoms with Crippen molar-refractivity contribution in [1.29, 1.82) is 0 Å². The van der Waals surface area contributed by atoms with Crippen LogP contribution in [0.2, 0.25) is 0 Å². The molecule has 1 aromatic heterocycles. The van der Waals surface area contributed by atoms with E-state index in [1.165, 1.54) is 23.1 Å². The molecule has 0 aliphatic carbocycles. The zero-order valence-corrected chi connectivity index (χ0v) is 18.8. The van der Waals surface area contributed by atoms with Gasteiger partial charge in [-0.25, -0.2) is 13.2 Å². The van der Waals surface area contributed by atoms with Crippen LogP contribution in [0.15, 0.2) is 86.9 Å². The number of hydrogen-bond donors (Lipinski definition) is 0. The first-order chi connectivity index (χ1) is 15.8. The van der Waals surface area contributed by atoms with Crippen LogP contribution in [0.5, 0.6) is 0 Å². The lowest BCUT2D eigenvalue weighted by molar-refractivity contribution is -0.116. The third-order valence-electron chi connectivity index (χ3n) is 5.85. The molecule has 0 saturated heterocycles. The third-order valence-corrected chi connectivity index (χ3v) is 7.62. The van der Waals surface area contributed by atoms with Crippen LogP contribution in [0.1, 0.15) is 5.56 Å². The summed E-state index contributed by atoms with van der Waals surface area (Å²) in [6, 6.07) is 19.9. The van der Waals surface area contributed by atoms with Gasteiger partial charge in [0.15, 0.2) is 0 Å². The number of carbonyl (C=O) groups excluding carboxylic acids is 1. The van der Waals surface area contributed by atoms with E-state index in [4.69, 9.17) is 4.42 Å². The lowest BCUT2D eigenvalue weighted by atomic mass is 9.96. The smallest absolute Gasteiger partial charge is 0.336 e. The van der Waals surface area contributed by atoms with Crippen molar-refractivity contribution in [2.45, 2.75) is 11.8 Å². The van der Waals surface area contributed by atoms with Crippen molar-refractivity contribution in [3.63, 3.8) is 0 Å². The maximum Gasteiger partial charge on any atom is 0.336 e. The Hall–Kier alpha value is -3.91. The molecule has 4 aromatic rings. The lowest BCUT2D eigenvalue weighted by Crippen LogP contribution is -2.43. The molecule has 0 bridgehead atoms. The Morgan fingerprint density at radius 1 is 0.848 bits per heavy atom. The number of benzene rings is 3. The number of carbonyl (C=O) groups is 1. The van der Waals surface area contributed by atoms with Crippen LogP contribution in [-0.4, -0.2) is 27.9 Å². The number of nitrogens with zero attached hydrogens (tertiary/aromatic N) is 2. The second kappa shape index (κ2) is 7.60. The molecule has 33 heavy (non-hydrogen) atoms. The van der Waals surface area contributed by atoms with Crippen LogP contribution < -0.4 is 14.8 Å². The minimum absolute atomic E-state index is 0.100. The molecule has 1 amide bonds. The van der Waals surface area contributed by atoms with E-state index in [0.717, 1.165) is 9.87 Å². The first-order valence-corrected chi connectivity index (χ1v) is 11.7. The molecule has 0 radical (unpaired) electrons. The average Bonchev–Trinajstić information content (AvgIpc) is 2.80. The second-order valence-electron chi connectivity index (χ2n) is 7.92. The van der Waals surface area contributed by atoms with Crippen molar-refractivity contribution in [2.75, 3.05) is 22.8 Å². The molecule has 0 atom stereocenters. The van der Waals surface area contributed by atoms with Gasteiger partial charge in [0.2, 0.25) is 5.91 Å². The predicted octanol–water partition coefficient (Wildman–Crippen LogP) is 3.94. The summed E-state index contributed by atoms with van der Waals surface area (Å²) in [6.07, 6.45) is 0. The third kappa shape index (κ3) is 3.39. The molecule has 2 heterocycles. The summed E-state index contributed by atoms with van der Waals surface area (Å²) in [5.41, 5.74) is 2.99. The van der Waals surface area contributed by atoms with E-state index in [-0.39, 0.29) is 11.4 Å². The average molecular weight is 461 g/mol. The number of likely N-dealkylation sites (N-methyl/N-ethyl adjacent to an activating group) is 1. The van der Waals surface area contributed by atoms with Gasteiger partial charge in [0, 0.05) is 29.6 Å². The number of hydrogen-bond acceptors (Lipinski definition) is 5. The fourth-order valence-corrected chi connectivity index (χ4v) is 5.54. The number of anilines is 2. The first kappa shape index (κ1) is 21.0. The van der Waals surface area contributed by atoms with Crippen LogP contribution in [0.25, 0.3) is 22.1 Å². The normalized spacial score (nSPS) is 13.9. The molecular formula is C25H20N2O5S. The van der Waals surface area contributed by atoms with Gasteiger partial charge < -0.3 is 9.32 Å². The molecular weight excluding hydrogens is 440 g/mol. The highest BCUT2D eigenvalue weighted by Crippen LogP contribution is 2.44. The number of aryl methyl sites for hydroxylation is 1. The minimum atomic E-state index is -4.04. The minimum Gasteiger partial charge on any atom is -0.423 e. The number of fused-ring (bicyclic) bond motifs is 5. The summed E-state index contributed by atoms with van der Waals surface area (Å²) in [4.78, 5) is 26.5. The largest absolute Gasteiger partial charge is 0.423 e. The van der Waals surface area contributed by atoms with Crippen molar-refractivity contribution in [3.05, 3.63) is 88.8 Å². The van der Waals surface area contributed by atoms with E-state index in [9.17, 15) is 18.0 Å². The maximum absolute atomic E-state index is 13.7. The number of sulfonamides is 1. The molecule has 0 unspecified atom stereocenters. The Morgan fingerprint density at radius 2 is 1.58 bits per heavy atom. The van der Waals surface area contributed by atoms with E-state index in [2.05, 4.69) is 0 Å². The summed E-state index contributed by atoms with van der Waals surface area (Å²) in [5, 5.41) is 0.605. The van der Waals surface area contributed by atoms with Crippen molar-refractivity contribution >= 4 is 38.3 Å². The molecule has 8 heteroatoms. The summed E-state index contributed by atoms with van der Waals surface area (Å²) in [5.74, 6) is -0.391. The molecule has 7 nitrogen and oxygen atoms in total. The SMILES string of the molecule is Cc1ccc(S(=O)(=O)N2CC(=O)N(C)c3ccc4oc(=O)ccc4c3-c3ccccc32)cc1. The Morgan fingerprint density at radius 3 is 2.33 bits per heavy atom. The molecule has 0 saturated carbocycles. The molecule has 1 aliphatic rings. The molecule has 3 aromatic carbocycles. The molecule has 1 aliphatic heterocycles. The lowest BCUT2D eigenvalue weighted by Gasteiger charge is -2.32. The standard InChI is InChI=1S/C25H20N2O5S/c1-16-7-9-17(10-8-16)33(30,31)27-15-23(28)26(2)21-12-13-22-19(11-14-24(29)32-22)25(21)18-5-3-4-6-20(18)27/h3-14H,15H2,1-2H3. The molecule has 0 spiro atoms. The van der Waals surface area contributed by atoms with Gasteiger partial charge in [-0.3, -0.25) is 9.10 Å². The van der Waals surface area contributed by atoms with E-state index < -0.39 is 21.6 Å². The molecule has 0 fully saturated rings. The summed E-state index contributed by atoms with van der Waals surface area (Å²) in [7, 11) is -2.43. The van der Waals surface area contributed by atoms with E-state index in [1.807, 2.05) is 6.92 Å². The topological polar surface area (TPSA) is 87.9 Å². The molecule has 0 N–H and O–H groups in total. The zero-order chi connectivity index (χ0) is 23.3. The van der Waals surface area contributed by atoms with Crippen LogP contribution >= 0.6 is 0 Å². The highest BCUT2D eigenvalue weighted by molar-refractivity contribution is 7.92. The van der Waals surface area contributed by atoms with Gasteiger partial charge in [0.1, 0.15) is 12.1 Å². The van der Waals surface area contributed by atoms with Gasteiger partial charge in [-0.1, -0.05) is 35.9 Å². The monoisotopic (exact) mass is 460 g/mol. The van der Waals surface area contributed by atoms with Crippen molar-refractivity contribution in [2.24, 2.45) is 0 Å². The predicted molar refractivity (Wildman–Crippen MR) is 127 cm³/mol. The Labute approximate surface area is 190 Å². The first-order valence-electron chi connectivity index (χ1n) is 10.3. The fraction of sp³-hybridized carbons (Fsp3) is 0.120. The van der Waals surface area contributed by atoms with Gasteiger partial charge in [-0.15, -0.1) is 0 Å². The summed E-state index contributed by atoms with van der Waals surface area (Å²) >= 11 is 0. The highest BCUT2D eigenvalue weighted by atomic mass is 32.2.